The molecule has 5 fully saturated rings. The van der Waals surface area contributed by atoms with E-state index in [4.69, 9.17) is 17.0 Å². The fourth-order valence-corrected chi connectivity index (χ4v) is 15.5. The average Bonchev–Trinajstić information content (AvgIpc) is 3.48. The Kier molecular flexibility index (Phi) is 12.6. The van der Waals surface area contributed by atoms with Gasteiger partial charge in [-0.15, -0.1) is 0 Å². The Balaban J connectivity index is 0.000000733. The first-order valence-electron chi connectivity index (χ1n) is 13.9. The molecule has 10 unspecified atom stereocenters. The van der Waals surface area contributed by atoms with E-state index in [0.29, 0.717) is 0 Å². The molecule has 10 atom stereocenters. The van der Waals surface area contributed by atoms with Gasteiger partial charge in [0.1, 0.15) is 0 Å². The van der Waals surface area contributed by atoms with Crippen molar-refractivity contribution < 1.29 is 20.8 Å². The molecule has 0 radical (unpaired) electrons. The molecule has 0 aromatic heterocycles. The summed E-state index contributed by atoms with van der Waals surface area (Å²) in [6, 6.07) is 0. The van der Waals surface area contributed by atoms with E-state index in [-0.39, 0.29) is 14.9 Å². The molecule has 33 heavy (non-hydrogen) atoms. The SMILES string of the molecule is CCC(C)C1CC([Si](C)(C)C2CCC3CCCCC32)C2CC3CCCC3CC12.[CH3-].[CH3-].[Cl][Zr+2][Cl]. The Morgan fingerprint density at radius 1 is 0.727 bits per heavy atom. The molecule has 192 valence electrons. The van der Waals surface area contributed by atoms with Gasteiger partial charge < -0.3 is 14.9 Å². The van der Waals surface area contributed by atoms with E-state index < -0.39 is 28.9 Å². The number of rotatable bonds is 4. The van der Waals surface area contributed by atoms with Gasteiger partial charge in [-0.05, 0) is 77.7 Å². The molecule has 0 heterocycles. The van der Waals surface area contributed by atoms with E-state index in [1.807, 2.05) is 0 Å². The maximum absolute atomic E-state index is 4.93. The fourth-order valence-electron chi connectivity index (χ4n) is 10.1. The number of hydrogen-bond donors (Lipinski definition) is 0. The van der Waals surface area contributed by atoms with E-state index in [0.717, 1.165) is 47.3 Å². The van der Waals surface area contributed by atoms with E-state index in [9.17, 15) is 0 Å². The third-order valence-electron chi connectivity index (χ3n) is 11.7. The zero-order valence-corrected chi connectivity index (χ0v) is 27.7. The van der Waals surface area contributed by atoms with Crippen molar-refractivity contribution in [3.8, 4) is 0 Å². The molecular formula is C29H54Cl2SiZr. The Morgan fingerprint density at radius 3 is 1.94 bits per heavy atom. The van der Waals surface area contributed by atoms with Crippen LogP contribution in [0.15, 0.2) is 0 Å². The average molecular weight is 593 g/mol. The van der Waals surface area contributed by atoms with Crippen molar-refractivity contribution in [1.82, 2.24) is 0 Å². The van der Waals surface area contributed by atoms with Crippen LogP contribution in [-0.4, -0.2) is 8.07 Å². The standard InChI is InChI=1S/C27H48Si.2CH3.2ClH.Zr/c1-5-18(2)23-17-27(25-16-21-11-8-10-20(21)15-24(23)25)28(3,4)26-14-13-19-9-6-7-12-22(19)26;;;;;/h18-27H,5-17H2,1-4H3;2*1H3;2*1H;/q;2*-1;;;+4/p-2. The molecule has 0 aromatic rings. The van der Waals surface area contributed by atoms with Crippen LogP contribution in [0.2, 0.25) is 24.2 Å². The zero-order valence-electron chi connectivity index (χ0n) is 22.7. The van der Waals surface area contributed by atoms with E-state index in [1.165, 1.54) is 17.5 Å². The summed E-state index contributed by atoms with van der Waals surface area (Å²) in [6.07, 6.45) is 20.6. The van der Waals surface area contributed by atoms with Crippen LogP contribution in [0, 0.1) is 62.2 Å². The third-order valence-corrected chi connectivity index (χ3v) is 16.9. The molecule has 5 rings (SSSR count). The van der Waals surface area contributed by atoms with Gasteiger partial charge in [0.25, 0.3) is 0 Å². The van der Waals surface area contributed by atoms with Crippen LogP contribution < -0.4 is 0 Å². The molecule has 0 saturated heterocycles. The summed E-state index contributed by atoms with van der Waals surface area (Å²) in [5.41, 5.74) is 2.35. The van der Waals surface area contributed by atoms with Gasteiger partial charge in [0.2, 0.25) is 0 Å². The molecule has 5 saturated carbocycles. The molecule has 0 aromatic carbocycles. The summed E-state index contributed by atoms with van der Waals surface area (Å²) in [7, 11) is 8.67. The Labute approximate surface area is 228 Å². The van der Waals surface area contributed by atoms with E-state index in [1.54, 1.807) is 77.0 Å². The monoisotopic (exact) mass is 590 g/mol. The zero-order chi connectivity index (χ0) is 22.2. The van der Waals surface area contributed by atoms with E-state index >= 15 is 0 Å². The molecular weight excluding hydrogens is 539 g/mol. The van der Waals surface area contributed by atoms with Gasteiger partial charge in [-0.3, -0.25) is 0 Å². The topological polar surface area (TPSA) is 0 Å². The van der Waals surface area contributed by atoms with Crippen LogP contribution in [0.5, 0.6) is 0 Å². The van der Waals surface area contributed by atoms with Crippen LogP contribution in [0.25, 0.3) is 0 Å². The van der Waals surface area contributed by atoms with Crippen LogP contribution >= 0.6 is 17.0 Å². The minimum absolute atomic E-state index is 0. The summed E-state index contributed by atoms with van der Waals surface area (Å²) in [5, 5.41) is 0. The van der Waals surface area contributed by atoms with Crippen molar-refractivity contribution in [1.29, 1.82) is 0 Å². The van der Waals surface area contributed by atoms with Gasteiger partial charge in [0.05, 0.1) is 8.07 Å². The second-order valence-corrected chi connectivity index (χ2v) is 21.8. The molecule has 0 N–H and O–H groups in total. The first-order chi connectivity index (χ1) is 14.9. The Hall–Kier alpha value is 1.68. The summed E-state index contributed by atoms with van der Waals surface area (Å²) >= 11 is -0.826. The molecule has 5 aliphatic carbocycles. The van der Waals surface area contributed by atoms with Crippen molar-refractivity contribution in [3.63, 3.8) is 0 Å². The fraction of sp³-hybridized carbons (Fsp3) is 0.931. The predicted octanol–water partition coefficient (Wildman–Crippen LogP) is 10.8. The Bertz CT molecular complexity index is 584. The van der Waals surface area contributed by atoms with Gasteiger partial charge in [0, 0.05) is 0 Å². The van der Waals surface area contributed by atoms with Crippen molar-refractivity contribution in [3.05, 3.63) is 14.9 Å². The molecule has 0 nitrogen and oxygen atoms in total. The van der Waals surface area contributed by atoms with Crippen LogP contribution in [0.4, 0.5) is 0 Å². The van der Waals surface area contributed by atoms with Gasteiger partial charge in [0.15, 0.2) is 0 Å². The third kappa shape index (κ3) is 6.23. The van der Waals surface area contributed by atoms with Gasteiger partial charge in [-0.2, -0.15) is 0 Å². The van der Waals surface area contributed by atoms with Gasteiger partial charge in [-0.1, -0.05) is 91.1 Å². The summed E-state index contributed by atoms with van der Waals surface area (Å²) in [5.74, 6) is 8.87. The second-order valence-electron chi connectivity index (χ2n) is 12.9. The maximum atomic E-state index is 4.93. The predicted molar refractivity (Wildman–Crippen MR) is 149 cm³/mol. The van der Waals surface area contributed by atoms with Gasteiger partial charge >= 0.3 is 37.9 Å². The molecule has 4 heteroatoms. The van der Waals surface area contributed by atoms with Crippen LogP contribution in [0.3, 0.4) is 0 Å². The minimum atomic E-state index is -1.20. The van der Waals surface area contributed by atoms with Crippen molar-refractivity contribution in [2.45, 2.75) is 121 Å². The number of halogens is 2. The normalized spacial score (nSPS) is 42.3. The van der Waals surface area contributed by atoms with Crippen molar-refractivity contribution in [2.24, 2.45) is 47.3 Å². The van der Waals surface area contributed by atoms with Crippen molar-refractivity contribution >= 4 is 25.1 Å². The number of hydrogen-bond acceptors (Lipinski definition) is 0. The van der Waals surface area contributed by atoms with Crippen LogP contribution in [0.1, 0.15) is 97.3 Å². The first-order valence-corrected chi connectivity index (χ1v) is 23.4. The molecule has 0 bridgehead atoms. The number of fused-ring (bicyclic) bond motifs is 3. The molecule has 0 spiro atoms. The quantitative estimate of drug-likeness (QED) is 0.225. The summed E-state index contributed by atoms with van der Waals surface area (Å²) in [4.78, 5) is 0. The van der Waals surface area contributed by atoms with Crippen molar-refractivity contribution in [2.75, 3.05) is 0 Å². The Morgan fingerprint density at radius 2 is 1.30 bits per heavy atom. The summed E-state index contributed by atoms with van der Waals surface area (Å²) in [6.45, 7) is 10.9. The first kappa shape index (κ1) is 30.9. The molecule has 0 aliphatic heterocycles. The summed E-state index contributed by atoms with van der Waals surface area (Å²) < 4.78 is 0. The van der Waals surface area contributed by atoms with Crippen LogP contribution in [-0.2, 0) is 20.8 Å². The van der Waals surface area contributed by atoms with Gasteiger partial charge in [-0.25, -0.2) is 0 Å². The molecule has 0 amide bonds. The molecule has 5 aliphatic rings. The second kappa shape index (κ2) is 13.5. The van der Waals surface area contributed by atoms with E-state index in [2.05, 4.69) is 26.9 Å².